The molecule has 3 aromatic rings. The number of benzene rings is 2. The van der Waals surface area contributed by atoms with Crippen LogP contribution in [-0.4, -0.2) is 81.4 Å². The maximum atomic E-state index is 13.5. The molecule has 2 aromatic carbocycles. The fourth-order valence-electron chi connectivity index (χ4n) is 5.61. The van der Waals surface area contributed by atoms with Crippen LogP contribution in [0, 0.1) is 22.7 Å². The first kappa shape index (κ1) is 28.7. The average Bonchev–Trinajstić information content (AvgIpc) is 3.67. The Balaban J connectivity index is 1.15. The quantitative estimate of drug-likeness (QED) is 0.315. The van der Waals surface area contributed by atoms with Crippen molar-refractivity contribution >= 4 is 34.5 Å². The number of amides is 2. The number of likely N-dealkylation sites (tertiary alicyclic amines) is 1. The van der Waals surface area contributed by atoms with Crippen molar-refractivity contribution in [3.05, 3.63) is 66.0 Å². The Labute approximate surface area is 245 Å². The summed E-state index contributed by atoms with van der Waals surface area (Å²) in [4.78, 5) is 36.5. The first-order chi connectivity index (χ1) is 20.3. The van der Waals surface area contributed by atoms with Gasteiger partial charge in [0, 0.05) is 55.7 Å². The molecule has 11 heteroatoms. The maximum absolute atomic E-state index is 13.5. The van der Waals surface area contributed by atoms with Gasteiger partial charge in [0.1, 0.15) is 18.1 Å². The number of hydrogen-bond donors (Lipinski definition) is 2. The summed E-state index contributed by atoms with van der Waals surface area (Å²) in [6, 6.07) is 15.0. The smallest absolute Gasteiger partial charge is 0.237 e. The van der Waals surface area contributed by atoms with Crippen LogP contribution in [0.1, 0.15) is 30.9 Å². The Bertz CT molecular complexity index is 1570. The van der Waals surface area contributed by atoms with Crippen LogP contribution in [0.25, 0.3) is 17.0 Å². The highest BCUT2D eigenvalue weighted by Gasteiger charge is 2.33. The van der Waals surface area contributed by atoms with E-state index in [2.05, 4.69) is 33.2 Å². The summed E-state index contributed by atoms with van der Waals surface area (Å²) in [7, 11) is 1.85. The fourth-order valence-corrected chi connectivity index (χ4v) is 5.61. The number of nitrogens with one attached hydrogen (secondary N) is 1. The summed E-state index contributed by atoms with van der Waals surface area (Å²) in [5.74, 6) is 0.511. The first-order valence-corrected chi connectivity index (χ1v) is 14.1. The molecule has 2 aliphatic rings. The van der Waals surface area contributed by atoms with E-state index >= 15 is 0 Å². The molecule has 3 heterocycles. The molecule has 1 fully saturated rings. The third-order valence-electron chi connectivity index (χ3n) is 7.97. The number of nitrogens with zero attached hydrogens (tertiary/aromatic N) is 7. The topological polar surface area (TPSA) is 148 Å². The lowest BCUT2D eigenvalue weighted by Gasteiger charge is -2.29. The highest BCUT2D eigenvalue weighted by atomic mass is 16.2. The van der Waals surface area contributed by atoms with Crippen LogP contribution in [0.15, 0.2) is 54.9 Å². The van der Waals surface area contributed by atoms with Gasteiger partial charge in [-0.2, -0.15) is 10.4 Å². The van der Waals surface area contributed by atoms with Crippen LogP contribution in [0.4, 0.5) is 11.4 Å². The van der Waals surface area contributed by atoms with Gasteiger partial charge in [0.2, 0.25) is 11.8 Å². The lowest BCUT2D eigenvalue weighted by molar-refractivity contribution is -0.132. The van der Waals surface area contributed by atoms with Crippen molar-refractivity contribution in [1.82, 2.24) is 24.6 Å². The van der Waals surface area contributed by atoms with Crippen LogP contribution in [0.2, 0.25) is 0 Å². The second-order valence-electron chi connectivity index (χ2n) is 10.7. The van der Waals surface area contributed by atoms with Gasteiger partial charge in [0.25, 0.3) is 0 Å². The molecule has 0 spiro atoms. The molecule has 0 bridgehead atoms. The molecule has 0 radical (unpaired) electrons. The molecule has 2 amide bonds. The highest BCUT2D eigenvalue weighted by molar-refractivity contribution is 6.13. The van der Waals surface area contributed by atoms with Crippen molar-refractivity contribution in [2.75, 3.05) is 49.9 Å². The average molecular weight is 566 g/mol. The Hall–Kier alpha value is -4.82. The van der Waals surface area contributed by atoms with Crippen molar-refractivity contribution < 1.29 is 9.59 Å². The molecule has 5 rings (SSSR count). The number of aryl methyl sites for hydroxylation is 1. The van der Waals surface area contributed by atoms with E-state index in [4.69, 9.17) is 16.4 Å². The molecular formula is C31H35N9O2. The summed E-state index contributed by atoms with van der Waals surface area (Å²) < 4.78 is 1.68. The molecule has 11 nitrogen and oxygen atoms in total. The number of rotatable bonds is 8. The third-order valence-corrected chi connectivity index (χ3v) is 7.97. The van der Waals surface area contributed by atoms with Crippen molar-refractivity contribution in [1.29, 1.82) is 10.7 Å². The number of hydrogen-bond acceptors (Lipinski definition) is 8. The summed E-state index contributed by atoms with van der Waals surface area (Å²) in [5.41, 5.74) is 10.3. The second-order valence-corrected chi connectivity index (χ2v) is 10.7. The molecule has 1 saturated heterocycles. The summed E-state index contributed by atoms with van der Waals surface area (Å²) in [5, 5.41) is 21.3. The zero-order chi connectivity index (χ0) is 29.8. The predicted octanol–water partition coefficient (Wildman–Crippen LogP) is 2.95. The van der Waals surface area contributed by atoms with Gasteiger partial charge in [-0.1, -0.05) is 30.3 Å². The molecule has 0 saturated carbocycles. The van der Waals surface area contributed by atoms with Crippen LogP contribution < -0.4 is 10.6 Å². The van der Waals surface area contributed by atoms with E-state index in [0.717, 1.165) is 17.5 Å². The van der Waals surface area contributed by atoms with E-state index in [1.807, 2.05) is 37.1 Å². The summed E-state index contributed by atoms with van der Waals surface area (Å²) in [6.45, 7) is 5.05. The molecule has 0 aliphatic carbocycles. The predicted molar refractivity (Wildman–Crippen MR) is 161 cm³/mol. The Morgan fingerprint density at radius 1 is 1.17 bits per heavy atom. The Morgan fingerprint density at radius 2 is 1.93 bits per heavy atom. The minimum Gasteiger partial charge on any atom is -0.398 e. The zero-order valence-corrected chi connectivity index (χ0v) is 24.0. The minimum absolute atomic E-state index is 0.0259. The van der Waals surface area contributed by atoms with Gasteiger partial charge in [-0.3, -0.25) is 24.6 Å². The van der Waals surface area contributed by atoms with E-state index in [1.165, 1.54) is 5.57 Å². The van der Waals surface area contributed by atoms with Gasteiger partial charge >= 0.3 is 0 Å². The molecule has 216 valence electrons. The summed E-state index contributed by atoms with van der Waals surface area (Å²) in [6.07, 6.45) is 5.26. The van der Waals surface area contributed by atoms with Gasteiger partial charge in [0.15, 0.2) is 5.82 Å². The van der Waals surface area contributed by atoms with Crippen molar-refractivity contribution in [2.45, 2.75) is 19.8 Å². The highest BCUT2D eigenvalue weighted by Crippen LogP contribution is 2.27. The third kappa shape index (κ3) is 6.09. The molecule has 1 atom stereocenters. The van der Waals surface area contributed by atoms with Crippen LogP contribution in [0.3, 0.4) is 0 Å². The largest absolute Gasteiger partial charge is 0.398 e. The lowest BCUT2D eigenvalue weighted by Crippen LogP contribution is -2.42. The van der Waals surface area contributed by atoms with Gasteiger partial charge in [0.05, 0.1) is 12.5 Å². The van der Waals surface area contributed by atoms with Crippen LogP contribution in [-0.2, 0) is 16.6 Å². The SMILES string of the molecule is CCN(C(=O)C1CCN(CC(=O)N2CC=C(c3ccc(-c4ncn(C)n4)cc3)CC2)C1)c1ccc(N)c(C(=N)C#N)c1. The second kappa shape index (κ2) is 12.4. The van der Waals surface area contributed by atoms with Crippen molar-refractivity contribution in [2.24, 2.45) is 13.0 Å². The monoisotopic (exact) mass is 565 g/mol. The van der Waals surface area contributed by atoms with Gasteiger partial charge in [-0.15, -0.1) is 0 Å². The van der Waals surface area contributed by atoms with E-state index in [0.29, 0.717) is 61.9 Å². The molecule has 42 heavy (non-hydrogen) atoms. The Morgan fingerprint density at radius 3 is 2.57 bits per heavy atom. The van der Waals surface area contributed by atoms with Crippen LogP contribution in [0.5, 0.6) is 0 Å². The number of carbonyl (C=O) groups is 2. The molecule has 1 aromatic heterocycles. The number of carbonyl (C=O) groups excluding carboxylic acids is 2. The van der Waals surface area contributed by atoms with E-state index in [9.17, 15) is 9.59 Å². The van der Waals surface area contributed by atoms with Crippen molar-refractivity contribution in [3.8, 4) is 17.5 Å². The maximum Gasteiger partial charge on any atom is 0.237 e. The van der Waals surface area contributed by atoms with Gasteiger partial charge in [-0.25, -0.2) is 4.98 Å². The number of anilines is 2. The molecule has 1 unspecified atom stereocenters. The fraction of sp³-hybridized carbons (Fsp3) is 0.355. The first-order valence-electron chi connectivity index (χ1n) is 14.1. The Kier molecular flexibility index (Phi) is 8.45. The van der Waals surface area contributed by atoms with Gasteiger partial charge < -0.3 is 15.5 Å². The molecule has 3 N–H and O–H groups in total. The number of nitrogen functional groups attached to an aromatic ring is 1. The summed E-state index contributed by atoms with van der Waals surface area (Å²) >= 11 is 0. The number of nitrogens with two attached hydrogens (primary N) is 1. The number of nitriles is 1. The zero-order valence-electron chi connectivity index (χ0n) is 24.0. The van der Waals surface area contributed by atoms with E-state index in [-0.39, 0.29) is 30.0 Å². The number of aromatic nitrogens is 3. The van der Waals surface area contributed by atoms with Gasteiger partial charge in [-0.05, 0) is 55.6 Å². The molecular weight excluding hydrogens is 530 g/mol. The minimum atomic E-state index is -0.237. The normalized spacial score (nSPS) is 17.0. The van der Waals surface area contributed by atoms with E-state index in [1.54, 1.807) is 34.1 Å². The van der Waals surface area contributed by atoms with Crippen LogP contribution >= 0.6 is 0 Å². The molecule has 2 aliphatic heterocycles. The standard InChI is InChI=1S/C31H35N9O2/c1-3-40(25-8-9-27(33)26(16-25)28(34)17-32)31(42)24-10-13-38(18-24)19-29(41)39-14-11-22(12-15-39)21-4-6-23(7-5-21)30-35-20-37(2)36-30/h4-9,11,16,20,24,34H,3,10,12-15,18-19,33H2,1-2H3. The lowest BCUT2D eigenvalue weighted by atomic mass is 9.98. The van der Waals surface area contributed by atoms with E-state index < -0.39 is 0 Å². The van der Waals surface area contributed by atoms with Crippen molar-refractivity contribution in [3.63, 3.8) is 0 Å².